The molecule has 9 heteroatoms. The van der Waals surface area contributed by atoms with Crippen molar-refractivity contribution in [1.82, 2.24) is 19.0 Å². The Bertz CT molecular complexity index is 1270. The van der Waals surface area contributed by atoms with Crippen LogP contribution in [0.3, 0.4) is 0 Å². The zero-order chi connectivity index (χ0) is 21.4. The van der Waals surface area contributed by atoms with E-state index in [2.05, 4.69) is 30.0 Å². The van der Waals surface area contributed by atoms with Gasteiger partial charge < -0.3 is 10.2 Å². The number of amides is 2. The second-order valence-corrected chi connectivity index (χ2v) is 9.61. The van der Waals surface area contributed by atoms with Gasteiger partial charge in [-0.05, 0) is 55.1 Å². The van der Waals surface area contributed by atoms with Crippen molar-refractivity contribution in [2.24, 2.45) is 0 Å². The van der Waals surface area contributed by atoms with E-state index in [1.807, 2.05) is 38.1 Å². The van der Waals surface area contributed by atoms with Gasteiger partial charge in [-0.25, -0.2) is 0 Å². The molecule has 154 valence electrons. The largest absolute Gasteiger partial charge is 0.349 e. The Balaban J connectivity index is 1.46. The lowest BCUT2D eigenvalue weighted by molar-refractivity contribution is 0.0733. The molecule has 0 aliphatic heterocycles. The molecule has 4 aromatic rings. The SMILES string of the molecule is Cc1c(C(=O)NCC(C)N(C)C(=O)c2cccc3nsnc23)sc2ccc(Br)cc12. The lowest BCUT2D eigenvalue weighted by atomic mass is 10.1. The standard InChI is InChI=1S/C21H19BrN4O2S2/c1-11(26(3)21(28)14-5-4-6-16-18(14)25-30-24-16)10-23-20(27)19-12(2)15-9-13(22)7-8-17(15)29-19/h4-9,11H,10H2,1-3H3,(H,23,27). The lowest BCUT2D eigenvalue weighted by Crippen LogP contribution is -2.43. The third kappa shape index (κ3) is 3.84. The van der Waals surface area contributed by atoms with Crippen molar-refractivity contribution in [1.29, 1.82) is 0 Å². The van der Waals surface area contributed by atoms with Gasteiger partial charge in [-0.2, -0.15) is 8.75 Å². The summed E-state index contributed by atoms with van der Waals surface area (Å²) in [5, 5.41) is 4.05. The third-order valence-corrected chi connectivity index (χ3v) is 7.47. The Labute approximate surface area is 190 Å². The highest BCUT2D eigenvalue weighted by Crippen LogP contribution is 2.32. The molecule has 6 nitrogen and oxygen atoms in total. The Kier molecular flexibility index (Phi) is 5.86. The summed E-state index contributed by atoms with van der Waals surface area (Å²) in [7, 11) is 1.74. The van der Waals surface area contributed by atoms with Crippen LogP contribution in [-0.4, -0.2) is 45.1 Å². The van der Waals surface area contributed by atoms with Crippen LogP contribution >= 0.6 is 39.0 Å². The minimum atomic E-state index is -0.188. The second kappa shape index (κ2) is 8.41. The van der Waals surface area contributed by atoms with E-state index < -0.39 is 0 Å². The fourth-order valence-electron chi connectivity index (χ4n) is 3.24. The van der Waals surface area contributed by atoms with Crippen LogP contribution in [0.2, 0.25) is 0 Å². The predicted molar refractivity (Wildman–Crippen MR) is 126 cm³/mol. The van der Waals surface area contributed by atoms with Gasteiger partial charge >= 0.3 is 0 Å². The van der Waals surface area contributed by atoms with Gasteiger partial charge in [0, 0.05) is 28.8 Å². The van der Waals surface area contributed by atoms with Crippen molar-refractivity contribution >= 4 is 71.9 Å². The van der Waals surface area contributed by atoms with Gasteiger partial charge in [0.15, 0.2) is 0 Å². The summed E-state index contributed by atoms with van der Waals surface area (Å²) in [5.41, 5.74) is 2.82. The molecule has 1 atom stereocenters. The van der Waals surface area contributed by atoms with Crippen LogP contribution in [-0.2, 0) is 0 Å². The summed E-state index contributed by atoms with van der Waals surface area (Å²) in [4.78, 5) is 28.1. The third-order valence-electron chi connectivity index (χ3n) is 5.16. The molecule has 0 bridgehead atoms. The zero-order valence-corrected chi connectivity index (χ0v) is 19.8. The second-order valence-electron chi connectivity index (χ2n) is 7.11. The molecule has 0 saturated heterocycles. The quantitative estimate of drug-likeness (QED) is 0.422. The summed E-state index contributed by atoms with van der Waals surface area (Å²) in [6.45, 7) is 4.22. The maximum Gasteiger partial charge on any atom is 0.261 e. The lowest BCUT2D eigenvalue weighted by Gasteiger charge is -2.25. The van der Waals surface area contributed by atoms with Gasteiger partial charge in [-0.3, -0.25) is 9.59 Å². The monoisotopic (exact) mass is 502 g/mol. The Morgan fingerprint density at radius 2 is 2.03 bits per heavy atom. The molecule has 1 N–H and O–H groups in total. The number of carbonyl (C=O) groups excluding carboxylic acids is 2. The topological polar surface area (TPSA) is 75.2 Å². The highest BCUT2D eigenvalue weighted by Gasteiger charge is 2.22. The molecule has 0 aliphatic rings. The van der Waals surface area contributed by atoms with Crippen LogP contribution in [0.15, 0.2) is 40.9 Å². The van der Waals surface area contributed by atoms with Gasteiger partial charge in [0.05, 0.1) is 22.2 Å². The molecular formula is C21H19BrN4O2S2. The molecule has 0 radical (unpaired) electrons. The highest BCUT2D eigenvalue weighted by molar-refractivity contribution is 9.10. The number of fused-ring (bicyclic) bond motifs is 2. The maximum atomic E-state index is 13.0. The van der Waals surface area contributed by atoms with Crippen LogP contribution in [0.1, 0.15) is 32.5 Å². The van der Waals surface area contributed by atoms with Crippen LogP contribution in [0.5, 0.6) is 0 Å². The minimum Gasteiger partial charge on any atom is -0.349 e. The number of carbonyl (C=O) groups is 2. The average Bonchev–Trinajstić information content (AvgIpc) is 3.35. The minimum absolute atomic E-state index is 0.122. The number of hydrogen-bond acceptors (Lipinski definition) is 6. The van der Waals surface area contributed by atoms with E-state index in [1.165, 1.54) is 11.3 Å². The van der Waals surface area contributed by atoms with E-state index >= 15 is 0 Å². The first kappa shape index (κ1) is 20.9. The number of benzene rings is 2. The number of nitrogens with one attached hydrogen (secondary N) is 1. The molecule has 2 aromatic heterocycles. The van der Waals surface area contributed by atoms with Gasteiger partial charge in [-0.15, -0.1) is 11.3 Å². The van der Waals surface area contributed by atoms with Crippen molar-refractivity contribution in [3.05, 3.63) is 56.9 Å². The normalized spacial score (nSPS) is 12.3. The van der Waals surface area contributed by atoms with Gasteiger partial charge in [0.1, 0.15) is 11.0 Å². The van der Waals surface area contributed by atoms with E-state index in [1.54, 1.807) is 24.1 Å². The number of aryl methyl sites for hydroxylation is 1. The van der Waals surface area contributed by atoms with E-state index in [0.29, 0.717) is 28.0 Å². The van der Waals surface area contributed by atoms with Crippen molar-refractivity contribution in [2.75, 3.05) is 13.6 Å². The molecular weight excluding hydrogens is 484 g/mol. The predicted octanol–water partition coefficient (Wildman–Crippen LogP) is 4.87. The van der Waals surface area contributed by atoms with Gasteiger partial charge in [0.25, 0.3) is 11.8 Å². The molecule has 1 unspecified atom stereocenters. The van der Waals surface area contributed by atoms with Crippen molar-refractivity contribution in [3.8, 4) is 0 Å². The fraction of sp³-hybridized carbons (Fsp3) is 0.238. The number of hydrogen-bond donors (Lipinski definition) is 1. The fourth-order valence-corrected chi connectivity index (χ4v) is 5.25. The first-order valence-corrected chi connectivity index (χ1v) is 11.7. The van der Waals surface area contributed by atoms with Crippen molar-refractivity contribution < 1.29 is 9.59 Å². The molecule has 0 spiro atoms. The molecule has 30 heavy (non-hydrogen) atoms. The number of aromatic nitrogens is 2. The Morgan fingerprint density at radius 3 is 2.83 bits per heavy atom. The summed E-state index contributed by atoms with van der Waals surface area (Å²) in [5.74, 6) is -0.263. The van der Waals surface area contributed by atoms with E-state index in [-0.39, 0.29) is 17.9 Å². The van der Waals surface area contributed by atoms with Crippen molar-refractivity contribution in [3.63, 3.8) is 0 Å². The molecule has 0 aliphatic carbocycles. The zero-order valence-electron chi connectivity index (χ0n) is 16.6. The summed E-state index contributed by atoms with van der Waals surface area (Å²) < 4.78 is 10.5. The van der Waals surface area contributed by atoms with E-state index in [9.17, 15) is 9.59 Å². The first-order chi connectivity index (χ1) is 14.4. The number of nitrogens with zero attached hydrogens (tertiary/aromatic N) is 3. The van der Waals surface area contributed by atoms with E-state index in [0.717, 1.165) is 31.9 Å². The Morgan fingerprint density at radius 1 is 1.23 bits per heavy atom. The molecule has 2 amide bonds. The first-order valence-electron chi connectivity index (χ1n) is 9.32. The number of halogens is 1. The van der Waals surface area contributed by atoms with E-state index in [4.69, 9.17) is 0 Å². The average molecular weight is 503 g/mol. The molecule has 0 saturated carbocycles. The number of likely N-dealkylation sites (N-methyl/N-ethyl adjacent to an activating group) is 1. The molecule has 2 heterocycles. The summed E-state index contributed by atoms with van der Waals surface area (Å²) >= 11 is 6.05. The molecule has 0 fully saturated rings. The summed E-state index contributed by atoms with van der Waals surface area (Å²) in [6, 6.07) is 11.2. The Hall–Kier alpha value is -2.36. The maximum absolute atomic E-state index is 13.0. The number of rotatable bonds is 5. The summed E-state index contributed by atoms with van der Waals surface area (Å²) in [6.07, 6.45) is 0. The molecule has 4 rings (SSSR count). The van der Waals surface area contributed by atoms with Crippen LogP contribution in [0.4, 0.5) is 0 Å². The molecule has 2 aromatic carbocycles. The number of thiophene rings is 1. The van der Waals surface area contributed by atoms with Crippen LogP contribution < -0.4 is 5.32 Å². The smallest absolute Gasteiger partial charge is 0.261 e. The van der Waals surface area contributed by atoms with Gasteiger partial charge in [-0.1, -0.05) is 22.0 Å². The van der Waals surface area contributed by atoms with Crippen LogP contribution in [0.25, 0.3) is 21.1 Å². The highest BCUT2D eigenvalue weighted by atomic mass is 79.9. The van der Waals surface area contributed by atoms with Gasteiger partial charge in [0.2, 0.25) is 0 Å². The van der Waals surface area contributed by atoms with Crippen LogP contribution in [0, 0.1) is 6.92 Å². The van der Waals surface area contributed by atoms with Crippen molar-refractivity contribution in [2.45, 2.75) is 19.9 Å².